The summed E-state index contributed by atoms with van der Waals surface area (Å²) in [7, 11) is 1.84. The number of ether oxygens (including phenoxy) is 1. The van der Waals surface area contributed by atoms with E-state index in [0.717, 1.165) is 0 Å². The maximum atomic E-state index is 9.18. The number of rotatable bonds is 4. The van der Waals surface area contributed by atoms with E-state index in [9.17, 15) is 5.11 Å². The molecule has 0 aliphatic carbocycles. The van der Waals surface area contributed by atoms with Crippen LogP contribution in [0.15, 0.2) is 24.5 Å². The molecule has 1 heterocycles. The van der Waals surface area contributed by atoms with Crippen LogP contribution in [-0.4, -0.2) is 19.9 Å². The topological polar surface area (TPSA) is 60.2 Å². The van der Waals surface area contributed by atoms with Gasteiger partial charge in [0.05, 0.1) is 6.61 Å². The zero-order valence-electron chi connectivity index (χ0n) is 9.30. The average molecular weight is 254 g/mol. The molecule has 0 saturated carbocycles. The van der Waals surface area contributed by atoms with Gasteiger partial charge in [0.15, 0.2) is 5.82 Å². The molecule has 2 aromatic rings. The Kier molecular flexibility index (Phi) is 3.61. The predicted molar refractivity (Wildman–Crippen MR) is 62.7 cm³/mol. The molecule has 0 aliphatic rings. The van der Waals surface area contributed by atoms with Crippen LogP contribution in [0.2, 0.25) is 5.02 Å². The summed E-state index contributed by atoms with van der Waals surface area (Å²) < 4.78 is 7.34. The van der Waals surface area contributed by atoms with Gasteiger partial charge in [0.1, 0.15) is 18.7 Å². The molecule has 6 heteroatoms. The van der Waals surface area contributed by atoms with Gasteiger partial charge < -0.3 is 14.4 Å². The molecule has 0 unspecified atom stereocenters. The fraction of sp³-hybridized carbons (Fsp3) is 0.273. The van der Waals surface area contributed by atoms with E-state index in [1.54, 1.807) is 29.1 Å². The van der Waals surface area contributed by atoms with E-state index in [4.69, 9.17) is 16.3 Å². The van der Waals surface area contributed by atoms with E-state index >= 15 is 0 Å². The fourth-order valence-corrected chi connectivity index (χ4v) is 1.59. The molecule has 17 heavy (non-hydrogen) atoms. The zero-order chi connectivity index (χ0) is 12.3. The Morgan fingerprint density at radius 3 is 2.94 bits per heavy atom. The first-order chi connectivity index (χ1) is 8.20. The van der Waals surface area contributed by atoms with Crippen molar-refractivity contribution in [1.29, 1.82) is 0 Å². The van der Waals surface area contributed by atoms with Crippen molar-refractivity contribution in [2.24, 2.45) is 7.05 Å². The van der Waals surface area contributed by atoms with Crippen LogP contribution in [-0.2, 0) is 20.3 Å². The minimum atomic E-state index is -0.116. The monoisotopic (exact) mass is 253 g/mol. The van der Waals surface area contributed by atoms with Crippen molar-refractivity contribution in [3.63, 3.8) is 0 Å². The van der Waals surface area contributed by atoms with Crippen LogP contribution in [0.3, 0.4) is 0 Å². The molecule has 0 bridgehead atoms. The molecule has 1 aromatic carbocycles. The number of hydrogen-bond acceptors (Lipinski definition) is 4. The van der Waals surface area contributed by atoms with Gasteiger partial charge in [-0.25, -0.2) is 0 Å². The number of nitrogens with zero attached hydrogens (tertiary/aromatic N) is 3. The first-order valence-electron chi connectivity index (χ1n) is 5.05. The van der Waals surface area contributed by atoms with Crippen LogP contribution in [0.1, 0.15) is 11.4 Å². The van der Waals surface area contributed by atoms with Gasteiger partial charge in [0, 0.05) is 17.6 Å². The van der Waals surface area contributed by atoms with Gasteiger partial charge in [-0.05, 0) is 18.2 Å². The maximum Gasteiger partial charge on any atom is 0.170 e. The second-order valence-electron chi connectivity index (χ2n) is 3.56. The Bertz CT molecular complexity index is 513. The SMILES string of the molecule is Cn1cnnc1COc1ccc(Cl)cc1CO. The zero-order valence-corrected chi connectivity index (χ0v) is 10.1. The van der Waals surface area contributed by atoms with Gasteiger partial charge in [-0.3, -0.25) is 0 Å². The Morgan fingerprint density at radius 2 is 2.29 bits per heavy atom. The lowest BCUT2D eigenvalue weighted by Gasteiger charge is -2.09. The maximum absolute atomic E-state index is 9.18. The summed E-state index contributed by atoms with van der Waals surface area (Å²) in [5.41, 5.74) is 0.652. The molecular formula is C11H12ClN3O2. The average Bonchev–Trinajstić information content (AvgIpc) is 2.73. The lowest BCUT2D eigenvalue weighted by molar-refractivity contribution is 0.254. The summed E-state index contributed by atoms with van der Waals surface area (Å²) in [6, 6.07) is 5.12. The molecule has 0 aliphatic heterocycles. The molecular weight excluding hydrogens is 242 g/mol. The van der Waals surface area contributed by atoms with E-state index < -0.39 is 0 Å². The van der Waals surface area contributed by atoms with Crippen LogP contribution in [0.4, 0.5) is 0 Å². The molecule has 0 radical (unpaired) electrons. The summed E-state index contributed by atoms with van der Waals surface area (Å²) in [4.78, 5) is 0. The Labute approximate surface area is 104 Å². The number of aliphatic hydroxyl groups excluding tert-OH is 1. The molecule has 90 valence electrons. The van der Waals surface area contributed by atoms with Crippen LogP contribution in [0.5, 0.6) is 5.75 Å². The minimum absolute atomic E-state index is 0.116. The van der Waals surface area contributed by atoms with E-state index in [1.807, 2.05) is 7.05 Å². The van der Waals surface area contributed by atoms with Gasteiger partial charge in [-0.1, -0.05) is 11.6 Å². The second-order valence-corrected chi connectivity index (χ2v) is 3.99. The standard InChI is InChI=1S/C11H12ClN3O2/c1-15-7-13-14-11(15)6-17-10-3-2-9(12)4-8(10)5-16/h2-4,7,16H,5-6H2,1H3. The number of halogens is 1. The number of aliphatic hydroxyl groups is 1. The van der Waals surface area contributed by atoms with Crippen molar-refractivity contribution >= 4 is 11.6 Å². The second kappa shape index (κ2) is 5.16. The number of hydrogen-bond donors (Lipinski definition) is 1. The van der Waals surface area contributed by atoms with E-state index in [0.29, 0.717) is 28.8 Å². The van der Waals surface area contributed by atoms with Crippen molar-refractivity contribution in [2.45, 2.75) is 13.2 Å². The highest BCUT2D eigenvalue weighted by Crippen LogP contribution is 2.23. The van der Waals surface area contributed by atoms with Crippen molar-refractivity contribution in [1.82, 2.24) is 14.8 Å². The number of aryl methyl sites for hydroxylation is 1. The predicted octanol–water partition coefficient (Wildman–Crippen LogP) is 1.54. The largest absolute Gasteiger partial charge is 0.485 e. The van der Waals surface area contributed by atoms with Crippen LogP contribution in [0, 0.1) is 0 Å². The molecule has 1 aromatic heterocycles. The van der Waals surface area contributed by atoms with Crippen LogP contribution >= 0.6 is 11.6 Å². The normalized spacial score (nSPS) is 10.5. The van der Waals surface area contributed by atoms with Crippen LogP contribution < -0.4 is 4.74 Å². The summed E-state index contributed by atoms with van der Waals surface area (Å²) in [5.74, 6) is 1.31. The summed E-state index contributed by atoms with van der Waals surface area (Å²) >= 11 is 5.83. The van der Waals surface area contributed by atoms with Gasteiger partial charge in [-0.2, -0.15) is 0 Å². The summed E-state index contributed by atoms with van der Waals surface area (Å²) in [5, 5.41) is 17.4. The molecule has 0 atom stereocenters. The van der Waals surface area contributed by atoms with Crippen LogP contribution in [0.25, 0.3) is 0 Å². The molecule has 0 fully saturated rings. The van der Waals surface area contributed by atoms with E-state index in [1.165, 1.54) is 0 Å². The van der Waals surface area contributed by atoms with Gasteiger partial charge in [-0.15, -0.1) is 10.2 Å². The molecule has 5 nitrogen and oxygen atoms in total. The Hall–Kier alpha value is -1.59. The third-order valence-corrected chi connectivity index (χ3v) is 2.59. The molecule has 0 amide bonds. The molecule has 0 saturated heterocycles. The van der Waals surface area contributed by atoms with Gasteiger partial charge in [0.25, 0.3) is 0 Å². The smallest absolute Gasteiger partial charge is 0.170 e. The highest BCUT2D eigenvalue weighted by Gasteiger charge is 2.06. The molecule has 1 N–H and O–H groups in total. The van der Waals surface area contributed by atoms with Crippen molar-refractivity contribution in [2.75, 3.05) is 0 Å². The summed E-state index contributed by atoms with van der Waals surface area (Å²) in [6.45, 7) is 0.180. The Morgan fingerprint density at radius 1 is 1.47 bits per heavy atom. The lowest BCUT2D eigenvalue weighted by atomic mass is 10.2. The highest BCUT2D eigenvalue weighted by atomic mass is 35.5. The first kappa shape index (κ1) is 11.9. The van der Waals surface area contributed by atoms with Crippen molar-refractivity contribution in [3.8, 4) is 5.75 Å². The van der Waals surface area contributed by atoms with Gasteiger partial charge in [0.2, 0.25) is 0 Å². The van der Waals surface area contributed by atoms with Crippen molar-refractivity contribution < 1.29 is 9.84 Å². The van der Waals surface area contributed by atoms with E-state index in [-0.39, 0.29) is 6.61 Å². The Balaban J connectivity index is 2.11. The van der Waals surface area contributed by atoms with Gasteiger partial charge >= 0.3 is 0 Å². The first-order valence-corrected chi connectivity index (χ1v) is 5.43. The van der Waals surface area contributed by atoms with Crippen molar-refractivity contribution in [3.05, 3.63) is 40.9 Å². The number of benzene rings is 1. The fourth-order valence-electron chi connectivity index (χ4n) is 1.39. The summed E-state index contributed by atoms with van der Waals surface area (Å²) in [6.07, 6.45) is 1.60. The third kappa shape index (κ3) is 2.75. The quantitative estimate of drug-likeness (QED) is 0.898. The highest BCUT2D eigenvalue weighted by molar-refractivity contribution is 6.30. The van der Waals surface area contributed by atoms with E-state index in [2.05, 4.69) is 10.2 Å². The minimum Gasteiger partial charge on any atom is -0.485 e. The third-order valence-electron chi connectivity index (χ3n) is 2.35. The number of aromatic nitrogens is 3. The molecule has 0 spiro atoms. The lowest BCUT2D eigenvalue weighted by Crippen LogP contribution is -2.04. The molecule has 2 rings (SSSR count).